The van der Waals surface area contributed by atoms with Crippen molar-refractivity contribution in [3.8, 4) is 11.3 Å². The minimum atomic E-state index is -0.0281. The maximum atomic E-state index is 13.7. The van der Waals surface area contributed by atoms with E-state index >= 15 is 0 Å². The van der Waals surface area contributed by atoms with Gasteiger partial charge in [-0.1, -0.05) is 56.5 Å². The van der Waals surface area contributed by atoms with Crippen LogP contribution < -0.4 is 5.56 Å². The molecule has 26 heavy (non-hydrogen) atoms. The highest BCUT2D eigenvalue weighted by molar-refractivity contribution is 5.71. The minimum Gasteiger partial charge on any atom is -0.293 e. The summed E-state index contributed by atoms with van der Waals surface area (Å²) in [5.41, 5.74) is 4.62. The molecule has 3 heteroatoms. The van der Waals surface area contributed by atoms with E-state index in [9.17, 15) is 4.79 Å². The lowest BCUT2D eigenvalue weighted by molar-refractivity contribution is 0.283. The van der Waals surface area contributed by atoms with Crippen LogP contribution in [-0.4, -0.2) is 9.55 Å². The van der Waals surface area contributed by atoms with Gasteiger partial charge in [0.05, 0.1) is 11.3 Å². The fourth-order valence-electron chi connectivity index (χ4n) is 5.02. The van der Waals surface area contributed by atoms with Gasteiger partial charge in [-0.25, -0.2) is 4.98 Å². The summed E-state index contributed by atoms with van der Waals surface area (Å²) in [6.45, 7) is 6.55. The summed E-state index contributed by atoms with van der Waals surface area (Å²) >= 11 is 0. The number of rotatable bonds is 4. The summed E-state index contributed by atoms with van der Waals surface area (Å²) in [5.74, 6) is 0.902. The van der Waals surface area contributed by atoms with E-state index in [1.165, 1.54) is 30.4 Å². The predicted octanol–water partition coefficient (Wildman–Crippen LogP) is 4.81. The van der Waals surface area contributed by atoms with Crippen molar-refractivity contribution in [3.05, 3.63) is 64.2 Å². The van der Waals surface area contributed by atoms with Crippen LogP contribution in [0.5, 0.6) is 0 Å². The molecule has 0 aliphatic heterocycles. The fraction of sp³-hybridized carbons (Fsp3) is 0.478. The molecule has 0 unspecified atom stereocenters. The number of aryl methyl sites for hydroxylation is 1. The van der Waals surface area contributed by atoms with E-state index in [1.807, 2.05) is 10.6 Å². The Labute approximate surface area is 155 Å². The smallest absolute Gasteiger partial charge is 0.258 e. The van der Waals surface area contributed by atoms with Gasteiger partial charge in [0.1, 0.15) is 5.82 Å². The second-order valence-corrected chi connectivity index (χ2v) is 7.88. The number of hydrogen-bond donors (Lipinski definition) is 0. The van der Waals surface area contributed by atoms with Crippen LogP contribution in [0.3, 0.4) is 0 Å². The molecule has 2 aliphatic rings. The lowest BCUT2D eigenvalue weighted by atomic mass is 9.62. The Morgan fingerprint density at radius 2 is 2.00 bits per heavy atom. The van der Waals surface area contributed by atoms with E-state index in [2.05, 4.69) is 37.8 Å². The van der Waals surface area contributed by atoms with Gasteiger partial charge < -0.3 is 0 Å². The molecule has 0 saturated heterocycles. The van der Waals surface area contributed by atoms with Crippen LogP contribution in [0, 0.1) is 0 Å². The maximum Gasteiger partial charge on any atom is 0.258 e. The zero-order chi connectivity index (χ0) is 18.1. The molecule has 0 amide bonds. The van der Waals surface area contributed by atoms with Gasteiger partial charge in [0.15, 0.2) is 0 Å². The monoisotopic (exact) mass is 348 g/mol. The first-order valence-corrected chi connectivity index (χ1v) is 10.0. The molecule has 1 saturated carbocycles. The summed E-state index contributed by atoms with van der Waals surface area (Å²) in [4.78, 5) is 18.7. The topological polar surface area (TPSA) is 34.9 Å². The zero-order valence-electron chi connectivity index (χ0n) is 15.8. The molecule has 136 valence electrons. The van der Waals surface area contributed by atoms with E-state index in [-0.39, 0.29) is 11.0 Å². The molecule has 0 N–H and O–H groups in total. The largest absolute Gasteiger partial charge is 0.293 e. The quantitative estimate of drug-likeness (QED) is 0.744. The predicted molar refractivity (Wildman–Crippen MR) is 107 cm³/mol. The highest BCUT2D eigenvalue weighted by Gasteiger charge is 2.43. The molecule has 2 aromatic rings. The molecular formula is C23H28N2O. The van der Waals surface area contributed by atoms with Gasteiger partial charge in [-0.2, -0.15) is 0 Å². The summed E-state index contributed by atoms with van der Waals surface area (Å²) < 4.78 is 1.87. The van der Waals surface area contributed by atoms with E-state index in [0.717, 1.165) is 49.2 Å². The van der Waals surface area contributed by atoms with Crippen LogP contribution in [-0.2, 0) is 24.8 Å². The number of allylic oxidation sites excluding steroid dienone is 1. The van der Waals surface area contributed by atoms with Crippen molar-refractivity contribution in [3.63, 3.8) is 0 Å². The maximum absolute atomic E-state index is 13.7. The third-order valence-corrected chi connectivity index (χ3v) is 6.18. The molecule has 0 atom stereocenters. The first-order valence-electron chi connectivity index (χ1n) is 10.0. The van der Waals surface area contributed by atoms with E-state index < -0.39 is 0 Å². The number of nitrogens with zero attached hydrogens (tertiary/aromatic N) is 2. The van der Waals surface area contributed by atoms with Crippen molar-refractivity contribution in [2.24, 2.45) is 0 Å². The Bertz CT molecular complexity index is 888. The number of benzene rings is 1. The summed E-state index contributed by atoms with van der Waals surface area (Å²) in [6.07, 6.45) is 10.5. The van der Waals surface area contributed by atoms with Gasteiger partial charge in [0.25, 0.3) is 5.56 Å². The Kier molecular flexibility index (Phi) is 4.56. The molecule has 1 aromatic heterocycles. The Morgan fingerprint density at radius 1 is 1.23 bits per heavy atom. The van der Waals surface area contributed by atoms with Crippen LogP contribution in [0.15, 0.2) is 41.7 Å². The first kappa shape index (κ1) is 17.3. The number of hydrogen-bond acceptors (Lipinski definition) is 2. The molecule has 0 bridgehead atoms. The normalized spacial score (nSPS) is 17.6. The molecule has 1 heterocycles. The van der Waals surface area contributed by atoms with Crippen molar-refractivity contribution in [1.82, 2.24) is 9.55 Å². The van der Waals surface area contributed by atoms with Gasteiger partial charge in [-0.15, -0.1) is 6.58 Å². The molecule has 4 rings (SSSR count). The van der Waals surface area contributed by atoms with Gasteiger partial charge in [-0.3, -0.25) is 9.36 Å². The average Bonchev–Trinajstić information content (AvgIpc) is 2.65. The second-order valence-electron chi connectivity index (χ2n) is 7.88. The third kappa shape index (κ3) is 2.65. The number of fused-ring (bicyclic) bond motifs is 4. The Hall–Kier alpha value is -2.16. The highest BCUT2D eigenvalue weighted by Crippen LogP contribution is 2.48. The van der Waals surface area contributed by atoms with Gasteiger partial charge in [0.2, 0.25) is 0 Å². The summed E-state index contributed by atoms with van der Waals surface area (Å²) in [6, 6.07) is 8.55. The molecule has 1 spiro atoms. The standard InChI is InChI=1S/C23H28N2O/c1-3-10-19-24-21-18-12-7-6-11-17(18)16-23(13-8-5-9-14-23)20(21)22(26)25(19)15-4-2/h4,6-7,11-12H,2-3,5,8-10,13-16H2,1H3. The van der Waals surface area contributed by atoms with Crippen molar-refractivity contribution in [2.75, 3.05) is 0 Å². The van der Waals surface area contributed by atoms with Crippen molar-refractivity contribution in [1.29, 1.82) is 0 Å². The molecule has 0 radical (unpaired) electrons. The molecular weight excluding hydrogens is 320 g/mol. The van der Waals surface area contributed by atoms with Gasteiger partial charge in [-0.05, 0) is 31.2 Å². The molecule has 3 nitrogen and oxygen atoms in total. The summed E-state index contributed by atoms with van der Waals surface area (Å²) in [5, 5.41) is 0. The average molecular weight is 348 g/mol. The van der Waals surface area contributed by atoms with Gasteiger partial charge in [0, 0.05) is 23.9 Å². The third-order valence-electron chi connectivity index (χ3n) is 6.18. The van der Waals surface area contributed by atoms with Crippen LogP contribution in [0.2, 0.25) is 0 Å². The van der Waals surface area contributed by atoms with Crippen LogP contribution in [0.25, 0.3) is 11.3 Å². The van der Waals surface area contributed by atoms with Crippen LogP contribution >= 0.6 is 0 Å². The van der Waals surface area contributed by atoms with Crippen LogP contribution in [0.1, 0.15) is 62.4 Å². The molecule has 2 aliphatic carbocycles. The second kappa shape index (κ2) is 6.86. The minimum absolute atomic E-state index is 0.0281. The number of aromatic nitrogens is 2. The van der Waals surface area contributed by atoms with E-state index in [1.54, 1.807) is 0 Å². The SMILES string of the molecule is C=CCn1c(CCC)nc2c(c1=O)C1(CCCCC1)Cc1ccccc1-2. The van der Waals surface area contributed by atoms with Crippen molar-refractivity contribution in [2.45, 2.75) is 70.3 Å². The lowest BCUT2D eigenvalue weighted by Gasteiger charge is -2.42. The molecule has 1 aromatic carbocycles. The van der Waals surface area contributed by atoms with Crippen molar-refractivity contribution < 1.29 is 0 Å². The van der Waals surface area contributed by atoms with Crippen molar-refractivity contribution >= 4 is 0 Å². The Morgan fingerprint density at radius 3 is 2.73 bits per heavy atom. The zero-order valence-corrected chi connectivity index (χ0v) is 15.8. The van der Waals surface area contributed by atoms with Gasteiger partial charge >= 0.3 is 0 Å². The summed E-state index contributed by atoms with van der Waals surface area (Å²) in [7, 11) is 0. The first-order chi connectivity index (χ1) is 12.7. The van der Waals surface area contributed by atoms with E-state index in [4.69, 9.17) is 4.98 Å². The van der Waals surface area contributed by atoms with Crippen LogP contribution in [0.4, 0.5) is 0 Å². The highest BCUT2D eigenvalue weighted by atomic mass is 16.1. The Balaban J connectivity index is 2.03. The molecule has 1 fully saturated rings. The lowest BCUT2D eigenvalue weighted by Crippen LogP contribution is -2.43. The fourth-order valence-corrected chi connectivity index (χ4v) is 5.02. The van der Waals surface area contributed by atoms with E-state index in [0.29, 0.717) is 6.54 Å².